The van der Waals surface area contributed by atoms with Crippen molar-refractivity contribution in [2.45, 2.75) is 40.5 Å². The molecule has 0 aliphatic heterocycles. The zero-order valence-electron chi connectivity index (χ0n) is 14.6. The molecule has 0 amide bonds. The maximum atomic E-state index is 5.18. The molecule has 0 aromatic heterocycles. The average Bonchev–Trinajstić information content (AvgIpc) is 2.49. The molecule has 1 aromatic carbocycles. The molecule has 0 fully saturated rings. The Morgan fingerprint density at radius 2 is 1.86 bits per heavy atom. The average molecular weight is 299 g/mol. The zero-order valence-corrected chi connectivity index (χ0v) is 14.6. The molecule has 1 rings (SSSR count). The number of unbranched alkanes of at least 4 members (excludes halogenated alkanes) is 1. The third kappa shape index (κ3) is 6.75. The van der Waals surface area contributed by atoms with Crippen molar-refractivity contribution in [3.05, 3.63) is 47.6 Å². The molecule has 0 saturated carbocycles. The van der Waals surface area contributed by atoms with Gasteiger partial charge in [-0.15, -0.1) is 0 Å². The Morgan fingerprint density at radius 3 is 2.41 bits per heavy atom. The smallest absolute Gasteiger partial charge is 0.118 e. The molecule has 0 aliphatic rings. The molecule has 0 atom stereocenters. The number of benzene rings is 1. The Kier molecular flexibility index (Phi) is 7.65. The van der Waals surface area contributed by atoms with Gasteiger partial charge in [0.25, 0.3) is 0 Å². The van der Waals surface area contributed by atoms with Crippen molar-refractivity contribution in [3.8, 4) is 5.75 Å². The van der Waals surface area contributed by atoms with E-state index in [-0.39, 0.29) is 5.41 Å². The second-order valence-electron chi connectivity index (χ2n) is 6.39. The topological polar surface area (TPSA) is 21.6 Å². The van der Waals surface area contributed by atoms with E-state index in [0.717, 1.165) is 18.7 Å². The van der Waals surface area contributed by atoms with E-state index in [9.17, 15) is 0 Å². The van der Waals surface area contributed by atoms with E-state index in [1.165, 1.54) is 17.6 Å². The summed E-state index contributed by atoms with van der Waals surface area (Å²) in [5.41, 5.74) is 2.53. The van der Waals surface area contributed by atoms with Gasteiger partial charge in [0.05, 0.1) is 7.11 Å². The minimum atomic E-state index is 0.0970. The number of hydrogen-bond acceptors (Lipinski definition) is 2. The van der Waals surface area contributed by atoms with Crippen molar-refractivity contribution in [1.82, 2.24) is 0 Å². The van der Waals surface area contributed by atoms with Crippen LogP contribution in [0.1, 0.15) is 46.1 Å². The number of aliphatic imine (C=N–C) groups is 1. The molecule has 0 radical (unpaired) electrons. The van der Waals surface area contributed by atoms with Crippen LogP contribution in [0.4, 0.5) is 0 Å². The number of hydrogen-bond donors (Lipinski definition) is 0. The molecular formula is C20H29NO. The quantitative estimate of drug-likeness (QED) is 0.367. The van der Waals surface area contributed by atoms with Crippen LogP contribution in [0, 0.1) is 5.41 Å². The molecule has 0 spiro atoms. The molecule has 22 heavy (non-hydrogen) atoms. The molecule has 0 saturated heterocycles. The molecule has 0 unspecified atom stereocenters. The van der Waals surface area contributed by atoms with Crippen molar-refractivity contribution in [3.63, 3.8) is 0 Å². The van der Waals surface area contributed by atoms with Crippen LogP contribution in [-0.2, 0) is 0 Å². The van der Waals surface area contributed by atoms with Gasteiger partial charge in [0.1, 0.15) is 5.75 Å². The van der Waals surface area contributed by atoms with Crippen LogP contribution >= 0.6 is 0 Å². The minimum absolute atomic E-state index is 0.0970. The predicted octanol–water partition coefficient (Wildman–Crippen LogP) is 5.55. The summed E-state index contributed by atoms with van der Waals surface area (Å²) in [6, 6.07) is 8.08. The van der Waals surface area contributed by atoms with Gasteiger partial charge in [-0.05, 0) is 41.2 Å². The fourth-order valence-corrected chi connectivity index (χ4v) is 1.91. The summed E-state index contributed by atoms with van der Waals surface area (Å²) in [5, 5.41) is 0. The molecule has 2 nitrogen and oxygen atoms in total. The monoisotopic (exact) mass is 299 g/mol. The number of rotatable bonds is 7. The van der Waals surface area contributed by atoms with Crippen molar-refractivity contribution in [2.75, 3.05) is 13.7 Å². The lowest BCUT2D eigenvalue weighted by atomic mass is 9.85. The van der Waals surface area contributed by atoms with Crippen molar-refractivity contribution in [1.29, 1.82) is 0 Å². The maximum absolute atomic E-state index is 5.18. The van der Waals surface area contributed by atoms with E-state index in [1.807, 2.05) is 18.3 Å². The lowest BCUT2D eigenvalue weighted by Crippen LogP contribution is -2.07. The van der Waals surface area contributed by atoms with Gasteiger partial charge < -0.3 is 4.74 Å². The first kappa shape index (κ1) is 18.2. The highest BCUT2D eigenvalue weighted by Gasteiger charge is 2.13. The van der Waals surface area contributed by atoms with E-state index in [1.54, 1.807) is 7.11 Å². The van der Waals surface area contributed by atoms with Gasteiger partial charge in [-0.1, -0.05) is 58.4 Å². The van der Waals surface area contributed by atoms with Crippen molar-refractivity contribution >= 4 is 12.3 Å². The summed E-state index contributed by atoms with van der Waals surface area (Å²) in [6.45, 7) is 9.75. The first-order valence-corrected chi connectivity index (χ1v) is 8.00. The van der Waals surface area contributed by atoms with E-state index < -0.39 is 0 Å². The van der Waals surface area contributed by atoms with Gasteiger partial charge in [0.2, 0.25) is 0 Å². The lowest BCUT2D eigenvalue weighted by Gasteiger charge is -2.19. The highest BCUT2D eigenvalue weighted by atomic mass is 16.5. The molecule has 0 heterocycles. The van der Waals surface area contributed by atoms with Crippen LogP contribution in [0.5, 0.6) is 5.75 Å². The van der Waals surface area contributed by atoms with Crippen LogP contribution < -0.4 is 4.74 Å². The van der Waals surface area contributed by atoms with Crippen LogP contribution in [0.15, 0.2) is 47.0 Å². The summed E-state index contributed by atoms with van der Waals surface area (Å²) >= 11 is 0. The predicted molar refractivity (Wildman–Crippen MR) is 97.8 cm³/mol. The SMILES string of the molecule is CCCCN=C/C=C(\C=C\c1ccc(OC)cc1)C(C)(C)C. The fraction of sp³-hybridized carbons (Fsp3) is 0.450. The number of methoxy groups -OCH3 is 1. The van der Waals surface area contributed by atoms with Gasteiger partial charge in [-0.25, -0.2) is 0 Å². The molecule has 0 aliphatic carbocycles. The molecular weight excluding hydrogens is 270 g/mol. The standard InChI is InChI=1S/C20H29NO/c1-6-7-15-21-16-14-18(20(2,3)4)11-8-17-9-12-19(22-5)13-10-17/h8-14,16H,6-7,15H2,1-5H3/b11-8+,18-14+,21-16?. The Bertz CT molecular complexity index is 516. The Morgan fingerprint density at radius 1 is 1.18 bits per heavy atom. The van der Waals surface area contributed by atoms with Crippen LogP contribution in [0.25, 0.3) is 6.08 Å². The number of allylic oxidation sites excluding steroid dienone is 3. The van der Waals surface area contributed by atoms with E-state index >= 15 is 0 Å². The second kappa shape index (κ2) is 9.24. The van der Waals surface area contributed by atoms with Crippen LogP contribution in [0.3, 0.4) is 0 Å². The van der Waals surface area contributed by atoms with Crippen LogP contribution in [0.2, 0.25) is 0 Å². The normalized spacial score (nSPS) is 13.2. The fourth-order valence-electron chi connectivity index (χ4n) is 1.91. The van der Waals surface area contributed by atoms with Gasteiger partial charge in [-0.3, -0.25) is 4.99 Å². The number of ether oxygens (including phenoxy) is 1. The molecule has 2 heteroatoms. The summed E-state index contributed by atoms with van der Waals surface area (Å²) in [6.07, 6.45) is 10.7. The van der Waals surface area contributed by atoms with Crippen molar-refractivity contribution < 1.29 is 4.74 Å². The van der Waals surface area contributed by atoms with E-state index in [0.29, 0.717) is 0 Å². The molecule has 1 aromatic rings. The minimum Gasteiger partial charge on any atom is -0.497 e. The largest absolute Gasteiger partial charge is 0.497 e. The third-order valence-corrected chi connectivity index (χ3v) is 3.44. The lowest BCUT2D eigenvalue weighted by molar-refractivity contribution is 0.415. The first-order valence-electron chi connectivity index (χ1n) is 8.00. The maximum Gasteiger partial charge on any atom is 0.118 e. The summed E-state index contributed by atoms with van der Waals surface area (Å²) in [7, 11) is 1.68. The molecule has 0 bridgehead atoms. The molecule has 120 valence electrons. The van der Waals surface area contributed by atoms with Gasteiger partial charge in [0.15, 0.2) is 0 Å². The second-order valence-corrected chi connectivity index (χ2v) is 6.39. The van der Waals surface area contributed by atoms with E-state index in [4.69, 9.17) is 4.74 Å². The summed E-state index contributed by atoms with van der Waals surface area (Å²) in [4.78, 5) is 4.44. The molecule has 0 N–H and O–H groups in total. The first-order chi connectivity index (χ1) is 10.5. The van der Waals surface area contributed by atoms with E-state index in [2.05, 4.69) is 63.0 Å². The third-order valence-electron chi connectivity index (χ3n) is 3.44. The summed E-state index contributed by atoms with van der Waals surface area (Å²) in [5.74, 6) is 0.881. The van der Waals surface area contributed by atoms with Gasteiger partial charge in [-0.2, -0.15) is 0 Å². The van der Waals surface area contributed by atoms with Crippen molar-refractivity contribution in [2.24, 2.45) is 10.4 Å². The van der Waals surface area contributed by atoms with Gasteiger partial charge >= 0.3 is 0 Å². The van der Waals surface area contributed by atoms with Crippen LogP contribution in [-0.4, -0.2) is 19.9 Å². The Hall–Kier alpha value is -1.83. The summed E-state index contributed by atoms with van der Waals surface area (Å²) < 4.78 is 5.18. The number of nitrogens with zero attached hydrogens (tertiary/aromatic N) is 1. The van der Waals surface area contributed by atoms with Gasteiger partial charge in [0, 0.05) is 12.8 Å². The highest BCUT2D eigenvalue weighted by molar-refractivity contribution is 5.74. The Balaban J connectivity index is 2.81. The highest BCUT2D eigenvalue weighted by Crippen LogP contribution is 2.26. The Labute approximate surface area is 135 Å². The zero-order chi connectivity index (χ0) is 16.4.